The standard InChI is InChI=1S/C16H17BBrNO4/c1-16(21,13-7-2-3-8-14(13)18)10-19-15(20)11-5-4-6-12(9-11)17(22)23/h2-9,21-23H,10H2,1H3,(H,19,20). The fourth-order valence-electron chi connectivity index (χ4n) is 2.19. The number of rotatable bonds is 5. The van der Waals surface area contributed by atoms with Crippen molar-refractivity contribution in [2.45, 2.75) is 12.5 Å². The van der Waals surface area contributed by atoms with Crippen LogP contribution in [0.3, 0.4) is 0 Å². The van der Waals surface area contributed by atoms with E-state index in [9.17, 15) is 9.90 Å². The molecule has 0 aliphatic rings. The number of hydrogen-bond donors (Lipinski definition) is 4. The molecule has 0 radical (unpaired) electrons. The number of nitrogens with one attached hydrogen (secondary N) is 1. The largest absolute Gasteiger partial charge is 0.488 e. The highest BCUT2D eigenvalue weighted by molar-refractivity contribution is 9.10. The van der Waals surface area contributed by atoms with E-state index < -0.39 is 18.6 Å². The predicted molar refractivity (Wildman–Crippen MR) is 92.3 cm³/mol. The molecule has 7 heteroatoms. The molecule has 0 aliphatic carbocycles. The topological polar surface area (TPSA) is 89.8 Å². The van der Waals surface area contributed by atoms with E-state index in [-0.39, 0.29) is 12.0 Å². The van der Waals surface area contributed by atoms with Crippen LogP contribution in [-0.2, 0) is 5.60 Å². The fraction of sp³-hybridized carbons (Fsp3) is 0.188. The molecule has 1 unspecified atom stereocenters. The van der Waals surface area contributed by atoms with Crippen LogP contribution in [-0.4, -0.2) is 34.7 Å². The normalized spacial score (nSPS) is 13.3. The summed E-state index contributed by atoms with van der Waals surface area (Å²) in [6.07, 6.45) is 0. The van der Waals surface area contributed by atoms with Gasteiger partial charge >= 0.3 is 7.12 Å². The van der Waals surface area contributed by atoms with Crippen LogP contribution < -0.4 is 10.8 Å². The van der Waals surface area contributed by atoms with Crippen LogP contribution in [0.15, 0.2) is 53.0 Å². The Morgan fingerprint density at radius 1 is 1.22 bits per heavy atom. The highest BCUT2D eigenvalue weighted by Crippen LogP contribution is 2.27. The molecule has 2 rings (SSSR count). The van der Waals surface area contributed by atoms with Crippen molar-refractivity contribution in [3.63, 3.8) is 0 Å². The van der Waals surface area contributed by atoms with E-state index in [1.807, 2.05) is 18.2 Å². The molecule has 0 saturated carbocycles. The predicted octanol–water partition coefficient (Wildman–Crippen LogP) is 0.766. The molecule has 120 valence electrons. The summed E-state index contributed by atoms with van der Waals surface area (Å²) in [4.78, 5) is 12.2. The Morgan fingerprint density at radius 3 is 2.57 bits per heavy atom. The highest BCUT2D eigenvalue weighted by atomic mass is 79.9. The minimum atomic E-state index is -1.63. The second kappa shape index (κ2) is 7.27. The van der Waals surface area contributed by atoms with Crippen LogP contribution in [0.4, 0.5) is 0 Å². The number of benzene rings is 2. The smallest absolute Gasteiger partial charge is 0.423 e. The molecular formula is C16H17BBrNO4. The maximum Gasteiger partial charge on any atom is 0.488 e. The Kier molecular flexibility index (Phi) is 5.59. The molecule has 0 saturated heterocycles. The SMILES string of the molecule is CC(O)(CNC(=O)c1cccc(B(O)O)c1)c1ccccc1Br. The summed E-state index contributed by atoms with van der Waals surface area (Å²) in [6, 6.07) is 13.3. The van der Waals surface area contributed by atoms with Crippen LogP contribution >= 0.6 is 15.9 Å². The van der Waals surface area contributed by atoms with Gasteiger partial charge < -0.3 is 20.5 Å². The summed E-state index contributed by atoms with van der Waals surface area (Å²) < 4.78 is 0.754. The van der Waals surface area contributed by atoms with Crippen LogP contribution in [0.2, 0.25) is 0 Å². The molecule has 0 spiro atoms. The monoisotopic (exact) mass is 377 g/mol. The van der Waals surface area contributed by atoms with Crippen LogP contribution in [0.1, 0.15) is 22.8 Å². The van der Waals surface area contributed by atoms with Gasteiger partial charge in [-0.05, 0) is 36.1 Å². The van der Waals surface area contributed by atoms with Gasteiger partial charge in [0.05, 0.1) is 6.54 Å². The van der Waals surface area contributed by atoms with Crippen molar-refractivity contribution >= 4 is 34.4 Å². The summed E-state index contributed by atoms with van der Waals surface area (Å²) in [5, 5.41) is 31.5. The van der Waals surface area contributed by atoms with Gasteiger partial charge in [-0.15, -0.1) is 0 Å². The van der Waals surface area contributed by atoms with Crippen molar-refractivity contribution in [1.82, 2.24) is 5.32 Å². The maximum absolute atomic E-state index is 12.2. The summed E-state index contributed by atoms with van der Waals surface area (Å²) in [5.41, 5.74) is -0.0577. The van der Waals surface area contributed by atoms with E-state index in [0.717, 1.165) is 4.47 Å². The Balaban J connectivity index is 2.09. The first-order chi connectivity index (χ1) is 10.8. The molecule has 4 N–H and O–H groups in total. The lowest BCUT2D eigenvalue weighted by molar-refractivity contribution is 0.0520. The van der Waals surface area contributed by atoms with Crippen LogP contribution in [0.5, 0.6) is 0 Å². The van der Waals surface area contributed by atoms with Gasteiger partial charge in [0.15, 0.2) is 0 Å². The highest BCUT2D eigenvalue weighted by Gasteiger charge is 2.26. The molecule has 23 heavy (non-hydrogen) atoms. The number of amides is 1. The summed E-state index contributed by atoms with van der Waals surface area (Å²) in [5.74, 6) is -0.403. The third kappa shape index (κ3) is 4.42. The number of hydrogen-bond acceptors (Lipinski definition) is 4. The van der Waals surface area contributed by atoms with Crippen molar-refractivity contribution in [1.29, 1.82) is 0 Å². The molecule has 2 aromatic carbocycles. The number of aliphatic hydroxyl groups is 1. The second-order valence-electron chi connectivity index (χ2n) is 5.44. The van der Waals surface area contributed by atoms with E-state index in [2.05, 4.69) is 21.2 Å². The van der Waals surface area contributed by atoms with Gasteiger partial charge in [0, 0.05) is 10.0 Å². The Labute approximate surface area is 143 Å². The first-order valence-corrected chi connectivity index (χ1v) is 7.82. The average Bonchev–Trinajstić information content (AvgIpc) is 2.53. The van der Waals surface area contributed by atoms with Gasteiger partial charge in [0.2, 0.25) is 0 Å². The molecule has 0 bridgehead atoms. The lowest BCUT2D eigenvalue weighted by Crippen LogP contribution is -2.39. The molecular weight excluding hydrogens is 361 g/mol. The van der Waals surface area contributed by atoms with Gasteiger partial charge in [0.1, 0.15) is 5.60 Å². The second-order valence-corrected chi connectivity index (χ2v) is 6.29. The van der Waals surface area contributed by atoms with E-state index in [4.69, 9.17) is 10.0 Å². The van der Waals surface area contributed by atoms with Gasteiger partial charge in [-0.25, -0.2) is 0 Å². The van der Waals surface area contributed by atoms with Crippen LogP contribution in [0.25, 0.3) is 0 Å². The molecule has 0 fully saturated rings. The van der Waals surface area contributed by atoms with Gasteiger partial charge in [-0.3, -0.25) is 4.79 Å². The quantitative estimate of drug-likeness (QED) is 0.579. The lowest BCUT2D eigenvalue weighted by atomic mass is 9.79. The lowest BCUT2D eigenvalue weighted by Gasteiger charge is -2.25. The van der Waals surface area contributed by atoms with Crippen molar-refractivity contribution in [3.05, 3.63) is 64.1 Å². The molecule has 0 aromatic heterocycles. The van der Waals surface area contributed by atoms with E-state index in [1.165, 1.54) is 12.1 Å². The van der Waals surface area contributed by atoms with E-state index >= 15 is 0 Å². The molecule has 1 atom stereocenters. The van der Waals surface area contributed by atoms with Crippen LogP contribution in [0, 0.1) is 0 Å². The van der Waals surface area contributed by atoms with E-state index in [0.29, 0.717) is 11.1 Å². The molecule has 5 nitrogen and oxygen atoms in total. The molecule has 1 amide bonds. The van der Waals surface area contributed by atoms with Gasteiger partial charge in [-0.1, -0.05) is 46.3 Å². The first-order valence-electron chi connectivity index (χ1n) is 7.03. The zero-order chi connectivity index (χ0) is 17.0. The zero-order valence-electron chi connectivity index (χ0n) is 12.5. The van der Waals surface area contributed by atoms with E-state index in [1.54, 1.807) is 25.1 Å². The van der Waals surface area contributed by atoms with Crippen molar-refractivity contribution in [2.24, 2.45) is 0 Å². The Hall–Kier alpha value is -1.67. The summed E-state index contributed by atoms with van der Waals surface area (Å²) in [7, 11) is -1.63. The summed E-state index contributed by atoms with van der Waals surface area (Å²) in [6.45, 7) is 1.63. The third-order valence-electron chi connectivity index (χ3n) is 3.49. The molecule has 0 heterocycles. The number of carbonyl (C=O) groups excluding carboxylic acids is 1. The fourth-order valence-corrected chi connectivity index (χ4v) is 2.90. The van der Waals surface area contributed by atoms with Crippen molar-refractivity contribution in [3.8, 4) is 0 Å². The number of carbonyl (C=O) groups is 1. The summed E-state index contributed by atoms with van der Waals surface area (Å²) >= 11 is 3.38. The van der Waals surface area contributed by atoms with Crippen molar-refractivity contribution in [2.75, 3.05) is 6.54 Å². The maximum atomic E-state index is 12.2. The van der Waals surface area contributed by atoms with Gasteiger partial charge in [0.25, 0.3) is 5.91 Å². The number of halogens is 1. The first kappa shape index (κ1) is 17.7. The third-order valence-corrected chi connectivity index (χ3v) is 4.19. The van der Waals surface area contributed by atoms with Gasteiger partial charge in [-0.2, -0.15) is 0 Å². The zero-order valence-corrected chi connectivity index (χ0v) is 14.1. The molecule has 0 aliphatic heterocycles. The Morgan fingerprint density at radius 2 is 1.91 bits per heavy atom. The minimum absolute atomic E-state index is 0.0142. The minimum Gasteiger partial charge on any atom is -0.423 e. The average molecular weight is 378 g/mol. The Bertz CT molecular complexity index is 706. The van der Waals surface area contributed by atoms with Crippen molar-refractivity contribution < 1.29 is 19.9 Å². The molecule has 2 aromatic rings.